The maximum Gasteiger partial charge on any atom is 0.219 e. The molecule has 0 bridgehead atoms. The lowest BCUT2D eigenvalue weighted by molar-refractivity contribution is -0.130. The van der Waals surface area contributed by atoms with Crippen LogP contribution >= 0.6 is 0 Å². The van der Waals surface area contributed by atoms with Crippen molar-refractivity contribution in [3.63, 3.8) is 0 Å². The minimum absolute atomic E-state index is 0.00278. The number of likely N-dealkylation sites (tertiary alicyclic amines) is 1. The molecule has 4 nitrogen and oxygen atoms in total. The molecule has 64 valence electrons. The lowest BCUT2D eigenvalue weighted by Crippen LogP contribution is -2.36. The third-order valence-electron chi connectivity index (χ3n) is 2.06. The molecular formula is C7H14N2O2. The highest BCUT2D eigenvalue weighted by Gasteiger charge is 2.30. The second kappa shape index (κ2) is 3.19. The molecule has 1 amide bonds. The third-order valence-corrected chi connectivity index (χ3v) is 2.06. The number of hydrogen-bond acceptors (Lipinski definition) is 3. The van der Waals surface area contributed by atoms with Gasteiger partial charge in [-0.05, 0) is 6.42 Å². The highest BCUT2D eigenvalue weighted by molar-refractivity contribution is 5.74. The van der Waals surface area contributed by atoms with Gasteiger partial charge in [-0.15, -0.1) is 0 Å². The SMILES string of the molecule is CC(=O)N1C[C@H](N)C[C@@H]1CO. The van der Waals surface area contributed by atoms with Crippen molar-refractivity contribution in [1.29, 1.82) is 0 Å². The van der Waals surface area contributed by atoms with Gasteiger partial charge in [0.05, 0.1) is 12.6 Å². The van der Waals surface area contributed by atoms with Crippen molar-refractivity contribution in [3.05, 3.63) is 0 Å². The smallest absolute Gasteiger partial charge is 0.219 e. The molecule has 1 saturated heterocycles. The molecule has 0 radical (unpaired) electrons. The summed E-state index contributed by atoms with van der Waals surface area (Å²) in [6.45, 7) is 2.11. The summed E-state index contributed by atoms with van der Waals surface area (Å²) >= 11 is 0. The molecular weight excluding hydrogens is 144 g/mol. The van der Waals surface area contributed by atoms with E-state index < -0.39 is 0 Å². The Labute approximate surface area is 66.0 Å². The highest BCUT2D eigenvalue weighted by atomic mass is 16.3. The molecule has 1 rings (SSSR count). The highest BCUT2D eigenvalue weighted by Crippen LogP contribution is 2.15. The fourth-order valence-corrected chi connectivity index (χ4v) is 1.51. The number of hydrogen-bond donors (Lipinski definition) is 2. The van der Waals surface area contributed by atoms with E-state index in [4.69, 9.17) is 10.8 Å². The predicted molar refractivity (Wildman–Crippen MR) is 40.9 cm³/mol. The van der Waals surface area contributed by atoms with Crippen LogP contribution in [0, 0.1) is 0 Å². The average molecular weight is 158 g/mol. The zero-order chi connectivity index (χ0) is 8.43. The first-order valence-electron chi connectivity index (χ1n) is 3.78. The Kier molecular flexibility index (Phi) is 2.46. The van der Waals surface area contributed by atoms with Crippen LogP contribution in [0.1, 0.15) is 13.3 Å². The normalized spacial score (nSPS) is 31.0. The molecule has 0 spiro atoms. The number of amides is 1. The molecule has 0 aromatic heterocycles. The van der Waals surface area contributed by atoms with E-state index in [0.29, 0.717) is 6.54 Å². The van der Waals surface area contributed by atoms with Gasteiger partial charge in [0.1, 0.15) is 0 Å². The second-order valence-electron chi connectivity index (χ2n) is 3.00. The summed E-state index contributed by atoms with van der Waals surface area (Å²) in [5, 5.41) is 8.85. The van der Waals surface area contributed by atoms with Crippen LogP contribution in [-0.2, 0) is 4.79 Å². The molecule has 3 N–H and O–H groups in total. The monoisotopic (exact) mass is 158 g/mol. The summed E-state index contributed by atoms with van der Waals surface area (Å²) in [6.07, 6.45) is 0.718. The summed E-state index contributed by atoms with van der Waals surface area (Å²) in [5.41, 5.74) is 5.62. The van der Waals surface area contributed by atoms with Gasteiger partial charge in [-0.3, -0.25) is 4.79 Å². The lowest BCUT2D eigenvalue weighted by Gasteiger charge is -2.20. The molecule has 1 aliphatic rings. The van der Waals surface area contributed by atoms with Gasteiger partial charge in [0.25, 0.3) is 0 Å². The molecule has 0 aromatic rings. The number of carbonyl (C=O) groups excluding carboxylic acids is 1. The maximum atomic E-state index is 10.9. The molecule has 0 aromatic carbocycles. The van der Waals surface area contributed by atoms with Gasteiger partial charge in [-0.2, -0.15) is 0 Å². The van der Waals surface area contributed by atoms with E-state index in [1.54, 1.807) is 4.90 Å². The maximum absolute atomic E-state index is 10.9. The number of rotatable bonds is 1. The Morgan fingerprint density at radius 3 is 2.82 bits per heavy atom. The Morgan fingerprint density at radius 2 is 2.45 bits per heavy atom. The van der Waals surface area contributed by atoms with E-state index in [1.807, 2.05) is 0 Å². The number of aliphatic hydroxyl groups is 1. The van der Waals surface area contributed by atoms with Crippen molar-refractivity contribution in [3.8, 4) is 0 Å². The Bertz CT molecular complexity index is 161. The van der Waals surface area contributed by atoms with Crippen molar-refractivity contribution < 1.29 is 9.90 Å². The topological polar surface area (TPSA) is 66.6 Å². The van der Waals surface area contributed by atoms with Gasteiger partial charge in [0.2, 0.25) is 5.91 Å². The van der Waals surface area contributed by atoms with Gasteiger partial charge >= 0.3 is 0 Å². The fourth-order valence-electron chi connectivity index (χ4n) is 1.51. The van der Waals surface area contributed by atoms with Gasteiger partial charge < -0.3 is 15.7 Å². The number of nitrogens with two attached hydrogens (primary N) is 1. The number of carbonyl (C=O) groups is 1. The summed E-state index contributed by atoms with van der Waals surface area (Å²) in [4.78, 5) is 12.5. The van der Waals surface area contributed by atoms with Crippen molar-refractivity contribution in [2.45, 2.75) is 25.4 Å². The zero-order valence-electron chi connectivity index (χ0n) is 6.66. The number of aliphatic hydroxyl groups excluding tert-OH is 1. The van der Waals surface area contributed by atoms with Crippen LogP contribution in [0.25, 0.3) is 0 Å². The van der Waals surface area contributed by atoms with E-state index in [-0.39, 0.29) is 24.6 Å². The standard InChI is InChI=1S/C7H14N2O2/c1-5(11)9-3-6(8)2-7(9)4-10/h6-7,10H,2-4,8H2,1H3/t6-,7-/m1/s1. The van der Waals surface area contributed by atoms with Crippen molar-refractivity contribution >= 4 is 5.91 Å². The molecule has 0 unspecified atom stereocenters. The first kappa shape index (κ1) is 8.49. The average Bonchev–Trinajstić information content (AvgIpc) is 2.30. The third kappa shape index (κ3) is 1.70. The first-order valence-corrected chi connectivity index (χ1v) is 3.78. The van der Waals surface area contributed by atoms with E-state index in [0.717, 1.165) is 6.42 Å². The van der Waals surface area contributed by atoms with Gasteiger partial charge in [-0.1, -0.05) is 0 Å². The Balaban J connectivity index is 2.57. The lowest BCUT2D eigenvalue weighted by atomic mass is 10.2. The molecule has 1 fully saturated rings. The Hall–Kier alpha value is -0.610. The minimum Gasteiger partial charge on any atom is -0.394 e. The van der Waals surface area contributed by atoms with E-state index in [9.17, 15) is 4.79 Å². The van der Waals surface area contributed by atoms with E-state index in [1.165, 1.54) is 6.92 Å². The van der Waals surface area contributed by atoms with Gasteiger partial charge in [0.15, 0.2) is 0 Å². The molecule has 1 heterocycles. The van der Waals surface area contributed by atoms with Gasteiger partial charge in [-0.25, -0.2) is 0 Å². The van der Waals surface area contributed by atoms with Crippen LogP contribution in [0.4, 0.5) is 0 Å². The van der Waals surface area contributed by atoms with Gasteiger partial charge in [0, 0.05) is 19.5 Å². The summed E-state index contributed by atoms with van der Waals surface area (Å²) in [5.74, 6) is -0.00278. The van der Waals surface area contributed by atoms with Crippen molar-refractivity contribution in [1.82, 2.24) is 4.90 Å². The fraction of sp³-hybridized carbons (Fsp3) is 0.857. The molecule has 0 saturated carbocycles. The summed E-state index contributed by atoms with van der Waals surface area (Å²) in [7, 11) is 0. The molecule has 11 heavy (non-hydrogen) atoms. The molecule has 0 aliphatic carbocycles. The van der Waals surface area contributed by atoms with Crippen LogP contribution < -0.4 is 5.73 Å². The molecule has 1 aliphatic heterocycles. The quantitative estimate of drug-likeness (QED) is 0.510. The van der Waals surface area contributed by atoms with Crippen LogP contribution in [0.15, 0.2) is 0 Å². The summed E-state index contributed by atoms with van der Waals surface area (Å²) < 4.78 is 0. The second-order valence-corrected chi connectivity index (χ2v) is 3.00. The number of nitrogens with zero attached hydrogens (tertiary/aromatic N) is 1. The summed E-state index contributed by atoms with van der Waals surface area (Å²) in [6, 6.07) is -0.0152. The Morgan fingerprint density at radius 1 is 1.82 bits per heavy atom. The minimum atomic E-state index is -0.0532. The van der Waals surface area contributed by atoms with Crippen LogP contribution in [0.3, 0.4) is 0 Å². The largest absolute Gasteiger partial charge is 0.394 e. The predicted octanol–water partition coefficient (Wildman–Crippen LogP) is -1.07. The van der Waals surface area contributed by atoms with E-state index >= 15 is 0 Å². The molecule has 4 heteroatoms. The van der Waals surface area contributed by atoms with Crippen molar-refractivity contribution in [2.75, 3.05) is 13.2 Å². The van der Waals surface area contributed by atoms with Crippen LogP contribution in [0.5, 0.6) is 0 Å². The molecule has 2 atom stereocenters. The first-order chi connectivity index (χ1) is 5.15. The van der Waals surface area contributed by atoms with Crippen LogP contribution in [-0.4, -0.2) is 41.1 Å². The van der Waals surface area contributed by atoms with Crippen LogP contribution in [0.2, 0.25) is 0 Å². The van der Waals surface area contributed by atoms with E-state index in [2.05, 4.69) is 0 Å². The zero-order valence-corrected chi connectivity index (χ0v) is 6.66. The van der Waals surface area contributed by atoms with Crippen molar-refractivity contribution in [2.24, 2.45) is 5.73 Å².